The number of hydrogen-bond donors (Lipinski definition) is 1. The highest BCUT2D eigenvalue weighted by molar-refractivity contribution is 5.90. The first-order valence-electron chi connectivity index (χ1n) is 10.1. The second-order valence-corrected chi connectivity index (χ2v) is 7.23. The molecule has 0 aliphatic carbocycles. The molecule has 0 bridgehead atoms. The van der Waals surface area contributed by atoms with Gasteiger partial charge < -0.3 is 10.1 Å². The van der Waals surface area contributed by atoms with Crippen LogP contribution in [0.15, 0.2) is 78.9 Å². The topological polar surface area (TPSA) is 56.2 Å². The minimum Gasteiger partial charge on any atom is -0.439 e. The third kappa shape index (κ3) is 5.00. The van der Waals surface area contributed by atoms with Crippen molar-refractivity contribution < 1.29 is 18.3 Å². The molecular weight excluding hydrogens is 412 g/mol. The van der Waals surface area contributed by atoms with Gasteiger partial charge in [-0.3, -0.25) is 4.79 Å². The van der Waals surface area contributed by atoms with Crippen molar-refractivity contribution in [1.29, 1.82) is 0 Å². The molecule has 0 aliphatic rings. The van der Waals surface area contributed by atoms with Crippen LogP contribution in [0, 0.1) is 18.6 Å². The van der Waals surface area contributed by atoms with Crippen molar-refractivity contribution >= 4 is 11.6 Å². The van der Waals surface area contributed by atoms with Gasteiger partial charge in [0.1, 0.15) is 17.4 Å². The quantitative estimate of drug-likeness (QED) is 0.399. The van der Waals surface area contributed by atoms with E-state index in [1.165, 1.54) is 48.5 Å². The second-order valence-electron chi connectivity index (χ2n) is 7.23. The summed E-state index contributed by atoms with van der Waals surface area (Å²) in [6.07, 6.45) is 0.556. The number of para-hydroxylation sites is 1. The van der Waals surface area contributed by atoms with Gasteiger partial charge in [-0.1, -0.05) is 18.2 Å². The van der Waals surface area contributed by atoms with E-state index >= 15 is 0 Å². The van der Waals surface area contributed by atoms with Gasteiger partial charge in [0.05, 0.1) is 11.4 Å². The Kier molecular flexibility index (Phi) is 6.26. The Hall–Kier alpha value is -4.00. The fourth-order valence-electron chi connectivity index (χ4n) is 3.28. The monoisotopic (exact) mass is 433 g/mol. The lowest BCUT2D eigenvalue weighted by atomic mass is 10.1. The maximum atomic E-state index is 13.3. The Balaban J connectivity index is 1.58. The molecule has 4 rings (SSSR count). The number of rotatable bonds is 7. The van der Waals surface area contributed by atoms with Gasteiger partial charge in [-0.05, 0) is 74.0 Å². The summed E-state index contributed by atoms with van der Waals surface area (Å²) in [4.78, 5) is 12.5. The number of aromatic nitrogens is 2. The molecule has 0 fully saturated rings. The lowest BCUT2D eigenvalue weighted by molar-refractivity contribution is -0.116. The van der Waals surface area contributed by atoms with Gasteiger partial charge in [0, 0.05) is 17.7 Å². The van der Waals surface area contributed by atoms with E-state index in [0.29, 0.717) is 23.7 Å². The van der Waals surface area contributed by atoms with Crippen molar-refractivity contribution in [3.05, 3.63) is 102 Å². The molecule has 4 aromatic rings. The molecule has 0 aliphatic heterocycles. The van der Waals surface area contributed by atoms with Crippen LogP contribution in [0.3, 0.4) is 0 Å². The normalized spacial score (nSPS) is 10.7. The summed E-state index contributed by atoms with van der Waals surface area (Å²) in [5.74, 6) is -0.0103. The lowest BCUT2D eigenvalue weighted by Gasteiger charge is -2.12. The number of carbonyl (C=O) groups excluding carboxylic acids is 1. The first-order valence-corrected chi connectivity index (χ1v) is 10.1. The summed E-state index contributed by atoms with van der Waals surface area (Å²) in [5, 5.41) is 7.37. The van der Waals surface area contributed by atoms with Crippen molar-refractivity contribution in [2.75, 3.05) is 5.32 Å². The average Bonchev–Trinajstić information content (AvgIpc) is 3.11. The fraction of sp³-hybridized carbons (Fsp3) is 0.120. The zero-order valence-corrected chi connectivity index (χ0v) is 17.4. The van der Waals surface area contributed by atoms with Crippen LogP contribution in [0.2, 0.25) is 0 Å². The Morgan fingerprint density at radius 2 is 1.56 bits per heavy atom. The van der Waals surface area contributed by atoms with Crippen molar-refractivity contribution in [3.8, 4) is 17.3 Å². The number of nitrogens with zero attached hydrogens (tertiary/aromatic N) is 2. The van der Waals surface area contributed by atoms with Crippen LogP contribution in [0.5, 0.6) is 11.6 Å². The predicted octanol–water partition coefficient (Wildman–Crippen LogP) is 5.82. The van der Waals surface area contributed by atoms with Crippen molar-refractivity contribution in [2.45, 2.75) is 19.8 Å². The second kappa shape index (κ2) is 9.43. The van der Waals surface area contributed by atoms with Gasteiger partial charge in [-0.15, -0.1) is 0 Å². The SMILES string of the molecule is Cc1nn(-c2ccccc2)c(Oc2ccc(F)cc2)c1CCC(=O)Nc1ccc(F)cc1. The number of amides is 1. The minimum atomic E-state index is -0.366. The molecular formula is C25H21F2N3O2. The number of carbonyl (C=O) groups is 1. The van der Waals surface area contributed by atoms with E-state index in [4.69, 9.17) is 4.74 Å². The number of ether oxygens (including phenoxy) is 1. The molecule has 0 atom stereocenters. The van der Waals surface area contributed by atoms with Crippen LogP contribution in [0.4, 0.5) is 14.5 Å². The van der Waals surface area contributed by atoms with Gasteiger partial charge in [0.25, 0.3) is 0 Å². The highest BCUT2D eigenvalue weighted by Crippen LogP contribution is 2.31. The maximum Gasteiger partial charge on any atom is 0.226 e. The minimum absolute atomic E-state index is 0.179. The predicted molar refractivity (Wildman–Crippen MR) is 118 cm³/mol. The van der Waals surface area contributed by atoms with Gasteiger partial charge in [-0.25, -0.2) is 13.5 Å². The summed E-state index contributed by atoms with van der Waals surface area (Å²) in [6, 6.07) is 20.8. The Morgan fingerprint density at radius 3 is 2.22 bits per heavy atom. The van der Waals surface area contributed by atoms with Crippen LogP contribution >= 0.6 is 0 Å². The molecule has 0 spiro atoms. The Bertz CT molecular complexity index is 1200. The maximum absolute atomic E-state index is 13.3. The zero-order chi connectivity index (χ0) is 22.5. The number of nitrogens with one attached hydrogen (secondary N) is 1. The molecule has 1 aromatic heterocycles. The van der Waals surface area contributed by atoms with Crippen molar-refractivity contribution in [3.63, 3.8) is 0 Å². The van der Waals surface area contributed by atoms with E-state index in [2.05, 4.69) is 10.4 Å². The summed E-state index contributed by atoms with van der Waals surface area (Å²) in [7, 11) is 0. The number of halogens is 2. The highest BCUT2D eigenvalue weighted by atomic mass is 19.1. The molecule has 1 heterocycles. The standard InChI is InChI=1S/C25H21F2N3O2/c1-17-23(15-16-24(31)28-20-11-7-18(26)8-12-20)25(32-22-13-9-19(27)10-14-22)30(29-17)21-5-3-2-4-6-21/h2-14H,15-16H2,1H3,(H,28,31). The van der Waals surface area contributed by atoms with Crippen LogP contribution in [-0.4, -0.2) is 15.7 Å². The first-order chi connectivity index (χ1) is 15.5. The summed E-state index contributed by atoms with van der Waals surface area (Å²) >= 11 is 0. The molecule has 7 heteroatoms. The molecule has 1 N–H and O–H groups in total. The third-order valence-corrected chi connectivity index (χ3v) is 4.90. The van der Waals surface area contributed by atoms with E-state index in [0.717, 1.165) is 16.9 Å². The van der Waals surface area contributed by atoms with E-state index in [9.17, 15) is 13.6 Å². The highest BCUT2D eigenvalue weighted by Gasteiger charge is 2.20. The smallest absolute Gasteiger partial charge is 0.226 e. The third-order valence-electron chi connectivity index (χ3n) is 4.90. The fourth-order valence-corrected chi connectivity index (χ4v) is 3.28. The van der Waals surface area contributed by atoms with Gasteiger partial charge in [0.2, 0.25) is 11.8 Å². The van der Waals surface area contributed by atoms with Crippen LogP contribution < -0.4 is 10.1 Å². The molecule has 162 valence electrons. The zero-order valence-electron chi connectivity index (χ0n) is 17.4. The summed E-state index contributed by atoms with van der Waals surface area (Å²) < 4.78 is 34.2. The van der Waals surface area contributed by atoms with Crippen molar-refractivity contribution in [1.82, 2.24) is 9.78 Å². The number of anilines is 1. The lowest BCUT2D eigenvalue weighted by Crippen LogP contribution is -2.12. The van der Waals surface area contributed by atoms with E-state index in [1.807, 2.05) is 37.3 Å². The molecule has 5 nitrogen and oxygen atoms in total. The van der Waals surface area contributed by atoms with Gasteiger partial charge in [0.15, 0.2) is 0 Å². The van der Waals surface area contributed by atoms with Gasteiger partial charge in [-0.2, -0.15) is 5.10 Å². The van der Waals surface area contributed by atoms with E-state index < -0.39 is 0 Å². The van der Waals surface area contributed by atoms with Crippen molar-refractivity contribution in [2.24, 2.45) is 0 Å². The number of aryl methyl sites for hydroxylation is 1. The van der Waals surface area contributed by atoms with Crippen LogP contribution in [0.25, 0.3) is 5.69 Å². The summed E-state index contributed by atoms with van der Waals surface area (Å²) in [5.41, 5.74) is 2.82. The number of benzene rings is 3. The first kappa shape index (κ1) is 21.2. The molecule has 0 radical (unpaired) electrons. The molecule has 32 heavy (non-hydrogen) atoms. The van der Waals surface area contributed by atoms with Gasteiger partial charge >= 0.3 is 0 Å². The molecule has 0 saturated heterocycles. The molecule has 1 amide bonds. The van der Waals surface area contributed by atoms with E-state index in [1.54, 1.807) is 4.68 Å². The summed E-state index contributed by atoms with van der Waals surface area (Å²) in [6.45, 7) is 1.85. The van der Waals surface area contributed by atoms with E-state index in [-0.39, 0.29) is 24.0 Å². The number of hydrogen-bond acceptors (Lipinski definition) is 3. The molecule has 0 unspecified atom stereocenters. The largest absolute Gasteiger partial charge is 0.439 e. The van der Waals surface area contributed by atoms with Crippen LogP contribution in [0.1, 0.15) is 17.7 Å². The van der Waals surface area contributed by atoms with Crippen LogP contribution in [-0.2, 0) is 11.2 Å². The molecule has 3 aromatic carbocycles. The Labute approximate surface area is 184 Å². The average molecular weight is 433 g/mol. The molecule has 0 saturated carbocycles. The Morgan fingerprint density at radius 1 is 0.938 bits per heavy atom.